The van der Waals surface area contributed by atoms with E-state index in [0.29, 0.717) is 0 Å². The molecule has 0 amide bonds. The summed E-state index contributed by atoms with van der Waals surface area (Å²) in [7, 11) is -3.42. The minimum Gasteiger partial charge on any atom is -0.824 e. The molecule has 0 aliphatic rings. The van der Waals surface area contributed by atoms with Crippen LogP contribution < -0.4 is 23.9 Å². The Bertz CT molecular complexity index is 41.5. The van der Waals surface area contributed by atoms with Crippen molar-refractivity contribution in [2.75, 3.05) is 0 Å². The molecule has 0 aliphatic heterocycles. The molecule has 0 atom stereocenters. The second-order valence-electron chi connectivity index (χ2n) is 0.366. The maximum Gasteiger partial charge on any atom is 1.00 e. The van der Waals surface area contributed by atoms with Crippen molar-refractivity contribution in [2.45, 2.75) is 0 Å². The van der Waals surface area contributed by atoms with Crippen LogP contribution in [0.25, 0.3) is 0 Å². The van der Waals surface area contributed by atoms with Crippen molar-refractivity contribution in [3.63, 3.8) is 0 Å². The molecule has 0 unspecified atom stereocenters. The molecule has 0 aromatic heterocycles. The van der Waals surface area contributed by atoms with Crippen molar-refractivity contribution in [1.82, 2.24) is 0 Å². The largest absolute Gasteiger partial charge is 1.00 e. The fraction of sp³-hybridized carbons (Fsp3) is 0. The molecule has 0 radical (unpaired) electrons. The Hall–Kier alpha value is -0.0477. The Morgan fingerprint density at radius 3 is 1.62 bits per heavy atom. The van der Waals surface area contributed by atoms with Gasteiger partial charge in [0.15, 0.2) is 0 Å². The molecule has 42 valence electrons. The molecule has 0 saturated heterocycles. The minimum atomic E-state index is -3.42. The van der Waals surface area contributed by atoms with Crippen LogP contribution in [-0.2, 0) is 4.79 Å². The second-order valence-corrected chi connectivity index (χ2v) is 0.366. The van der Waals surface area contributed by atoms with E-state index in [1.54, 1.807) is 0 Å². The first-order valence-electron chi connectivity index (χ1n) is 1.17. The van der Waals surface area contributed by atoms with Gasteiger partial charge in [0.05, 0.1) is 0 Å². The Balaban J connectivity index is -0.0000000575. The molecule has 0 aromatic carbocycles. The number of halogens is 2. The predicted molar refractivity (Wildman–Crippen MR) is 16.7 cm³/mol. The number of carboxylic acid groups (broad SMARTS) is 1. The average Bonchev–Trinajstić information content (AvgIpc) is 1.33. The monoisotopic (exact) mass is 118 g/mol. The molecule has 1 N–H and O–H groups in total. The van der Waals surface area contributed by atoms with Gasteiger partial charge in [-0.2, -0.15) is 0 Å². The second kappa shape index (κ2) is 15.8. The van der Waals surface area contributed by atoms with Crippen LogP contribution in [0.1, 0.15) is 0 Å². The summed E-state index contributed by atoms with van der Waals surface area (Å²) >= 11 is 0. The molecule has 0 fully saturated rings. The predicted octanol–water partition coefficient (Wildman–Crippen LogP) is -4.02. The zero-order valence-electron chi connectivity index (χ0n) is 4.17. The maximum atomic E-state index is 9.78. The number of rotatable bonds is 0. The third-order valence-electron chi connectivity index (χ3n) is 0. The van der Waals surface area contributed by atoms with E-state index in [2.05, 4.69) is 0 Å². The number of hydrogen-bond acceptors (Lipinski definition) is 2. The van der Waals surface area contributed by atoms with Gasteiger partial charge in [-0.25, -0.2) is 0 Å². The summed E-state index contributed by atoms with van der Waals surface area (Å²) in [6.07, 6.45) is 0. The van der Waals surface area contributed by atoms with E-state index in [1.807, 2.05) is 0 Å². The molecular weight excluding hydrogens is 116 g/mol. The molecule has 0 heterocycles. The van der Waals surface area contributed by atoms with E-state index in [-0.39, 0.29) is 25.3 Å². The molecule has 0 bridgehead atoms. The van der Waals surface area contributed by atoms with Crippen molar-refractivity contribution in [3.8, 4) is 0 Å². The van der Waals surface area contributed by atoms with E-state index >= 15 is 0 Å². The van der Waals surface area contributed by atoms with E-state index in [4.69, 9.17) is 14.9 Å². The summed E-state index contributed by atoms with van der Waals surface area (Å²) in [6.45, 7) is -0.250. The van der Waals surface area contributed by atoms with Gasteiger partial charge in [-0.05, 0) is 0 Å². The Kier molecular flexibility index (Phi) is 30.9. The minimum absolute atomic E-state index is 0. The van der Waals surface area contributed by atoms with Crippen molar-refractivity contribution < 1.29 is 42.4 Å². The quantitative estimate of drug-likeness (QED) is 0.260. The normalized spacial score (nSPS) is 4.88. The van der Waals surface area contributed by atoms with Crippen LogP contribution in [0.3, 0.4) is 0 Å². The average molecular weight is 118 g/mol. The van der Waals surface area contributed by atoms with Crippen LogP contribution in [0.5, 0.6) is 0 Å². The molecule has 0 aromatic rings. The van der Waals surface area contributed by atoms with Gasteiger partial charge >= 0.3 is 26.3 Å². The smallest absolute Gasteiger partial charge is 0.824 e. The van der Waals surface area contributed by atoms with Crippen molar-refractivity contribution in [3.05, 3.63) is 0 Å². The Morgan fingerprint density at radius 2 is 1.62 bits per heavy atom. The summed E-state index contributed by atoms with van der Waals surface area (Å²) in [5.74, 6) is 0. The summed E-state index contributed by atoms with van der Waals surface area (Å²) in [5.41, 5.74) is 0. The fourth-order valence-electron chi connectivity index (χ4n) is 0. The SMILES string of the molecule is O=CO.[Li+].[O-]B(F)F. The topological polar surface area (TPSA) is 60.4 Å². The standard InChI is InChI=1S/CH2O2.BF2O.Li/c2-1-3;2-1(3)4;/h1H,(H,2,3);;/q;-1;+1. The molecule has 0 saturated carbocycles. The molecule has 8 heavy (non-hydrogen) atoms. The van der Waals surface area contributed by atoms with E-state index < -0.39 is 7.47 Å². The van der Waals surface area contributed by atoms with Gasteiger partial charge in [0.1, 0.15) is 0 Å². The van der Waals surface area contributed by atoms with Crippen molar-refractivity contribution >= 4 is 13.9 Å². The van der Waals surface area contributed by atoms with Gasteiger partial charge in [-0.1, -0.05) is 0 Å². The first kappa shape index (κ1) is 15.7. The number of hydrogen-bond donors (Lipinski definition) is 1. The third kappa shape index (κ3) is 64300. The van der Waals surface area contributed by atoms with E-state index in [1.165, 1.54) is 0 Å². The van der Waals surface area contributed by atoms with Gasteiger partial charge < -0.3 is 18.8 Å². The molecule has 7 heteroatoms. The van der Waals surface area contributed by atoms with Gasteiger partial charge in [-0.3, -0.25) is 4.79 Å². The molecular formula is CH2BF2LiO3. The van der Waals surface area contributed by atoms with Gasteiger partial charge in [0, 0.05) is 0 Å². The third-order valence-corrected chi connectivity index (χ3v) is 0. The van der Waals surface area contributed by atoms with E-state index in [9.17, 15) is 8.63 Å². The van der Waals surface area contributed by atoms with Crippen LogP contribution in [0.15, 0.2) is 0 Å². The van der Waals surface area contributed by atoms with Crippen LogP contribution in [0.4, 0.5) is 8.63 Å². The van der Waals surface area contributed by atoms with Crippen LogP contribution in [-0.4, -0.2) is 19.0 Å². The first-order valence-corrected chi connectivity index (χ1v) is 1.17. The Labute approximate surface area is 57.1 Å². The summed E-state index contributed by atoms with van der Waals surface area (Å²) in [4.78, 5) is 8.36. The summed E-state index contributed by atoms with van der Waals surface area (Å²) in [5, 5.41) is 15.1. The fourth-order valence-corrected chi connectivity index (χ4v) is 0. The van der Waals surface area contributed by atoms with Crippen LogP contribution >= 0.6 is 0 Å². The first-order chi connectivity index (χ1) is 3.15. The molecule has 0 aliphatic carbocycles. The molecule has 3 nitrogen and oxygen atoms in total. The molecule has 0 rings (SSSR count). The van der Waals surface area contributed by atoms with E-state index in [0.717, 1.165) is 0 Å². The van der Waals surface area contributed by atoms with Crippen molar-refractivity contribution in [1.29, 1.82) is 0 Å². The van der Waals surface area contributed by atoms with Gasteiger partial charge in [0.25, 0.3) is 6.47 Å². The van der Waals surface area contributed by atoms with Gasteiger partial charge in [-0.15, -0.1) is 0 Å². The van der Waals surface area contributed by atoms with Crippen molar-refractivity contribution in [2.24, 2.45) is 0 Å². The summed E-state index contributed by atoms with van der Waals surface area (Å²) in [6, 6.07) is 0. The van der Waals surface area contributed by atoms with Crippen LogP contribution in [0, 0.1) is 0 Å². The van der Waals surface area contributed by atoms with Gasteiger partial charge in [0.2, 0.25) is 0 Å². The zero-order chi connectivity index (χ0) is 6.28. The summed E-state index contributed by atoms with van der Waals surface area (Å²) < 4.78 is 19.6. The zero-order valence-corrected chi connectivity index (χ0v) is 4.17. The van der Waals surface area contributed by atoms with Crippen LogP contribution in [0.2, 0.25) is 0 Å². The maximum absolute atomic E-state index is 9.78. The Morgan fingerprint density at radius 1 is 1.62 bits per heavy atom. The molecule has 0 spiro atoms. The number of carbonyl (C=O) groups is 1.